The lowest BCUT2D eigenvalue weighted by molar-refractivity contribution is 0.155. The summed E-state index contributed by atoms with van der Waals surface area (Å²) >= 11 is 0. The molecule has 0 aliphatic carbocycles. The second kappa shape index (κ2) is 6.48. The van der Waals surface area contributed by atoms with Crippen molar-refractivity contribution < 1.29 is 10.2 Å². The summed E-state index contributed by atoms with van der Waals surface area (Å²) in [5, 5.41) is 12.9. The molecule has 2 N–H and O–H groups in total. The van der Waals surface area contributed by atoms with Gasteiger partial charge in [0, 0.05) is 5.69 Å². The predicted molar refractivity (Wildman–Crippen MR) is 110 cm³/mol. The van der Waals surface area contributed by atoms with Gasteiger partial charge in [0.05, 0.1) is 68.5 Å². The fourth-order valence-electron chi connectivity index (χ4n) is 2.25. The molecule has 0 saturated heterocycles. The number of fused-ring (bicyclic) bond motifs is 1. The van der Waals surface area contributed by atoms with Crippen molar-refractivity contribution in [2.45, 2.75) is 28.4 Å². The van der Waals surface area contributed by atoms with E-state index in [1.54, 1.807) is 0 Å². The van der Waals surface area contributed by atoms with Crippen molar-refractivity contribution >= 4 is 101 Å². The second-order valence-corrected chi connectivity index (χ2v) is 6.25. The molecule has 0 unspecified atom stereocenters. The summed E-state index contributed by atoms with van der Waals surface area (Å²) in [5.41, 5.74) is -0.211. The molecule has 0 aliphatic rings. The lowest BCUT2D eigenvalue weighted by Gasteiger charge is -2.61. The lowest BCUT2D eigenvalue weighted by atomic mass is 9.33. The molecular weight excluding hydrogens is 330 g/mol. The molecular formula is C10H5B10N5O2. The number of aromatic nitrogens is 4. The average molecular weight is 335 g/mol. The summed E-state index contributed by atoms with van der Waals surface area (Å²) in [4.78, 5) is 8.45. The van der Waals surface area contributed by atoms with Gasteiger partial charge >= 0.3 is 0 Å². The monoisotopic (exact) mass is 337 g/mol. The van der Waals surface area contributed by atoms with Gasteiger partial charge in [-0.05, 0) is 33.9 Å². The van der Waals surface area contributed by atoms with Crippen LogP contribution in [-0.2, 0) is 0 Å². The van der Waals surface area contributed by atoms with E-state index < -0.39 is 21.5 Å². The molecule has 2 rings (SSSR count). The first-order valence-corrected chi connectivity index (χ1v) is 7.27. The largest absolute Gasteiger partial charge is 0.408 e. The lowest BCUT2D eigenvalue weighted by Crippen LogP contribution is -2.79. The van der Waals surface area contributed by atoms with E-state index >= 15 is 0 Å². The van der Waals surface area contributed by atoms with Gasteiger partial charge in [0.15, 0.2) is 7.85 Å². The molecule has 2 aromatic rings. The third-order valence-corrected chi connectivity index (χ3v) is 3.94. The van der Waals surface area contributed by atoms with Crippen LogP contribution in [-0.4, -0.2) is 130 Å². The first kappa shape index (κ1) is 22.2. The predicted octanol–water partition coefficient (Wildman–Crippen LogP) is -7.23. The summed E-state index contributed by atoms with van der Waals surface area (Å²) in [6.45, 7) is 1.49. The third kappa shape index (κ3) is 3.53. The molecule has 2 aromatic heterocycles. The van der Waals surface area contributed by atoms with Crippen LogP contribution in [0.1, 0.15) is 5.69 Å². The molecule has 0 fully saturated rings. The minimum absolute atomic E-state index is 0.0824. The third-order valence-electron chi connectivity index (χ3n) is 3.94. The first-order valence-electron chi connectivity index (χ1n) is 7.27. The van der Waals surface area contributed by atoms with Gasteiger partial charge in [0.2, 0.25) is 0 Å². The molecule has 0 saturated carbocycles. The molecule has 0 atom stereocenters. The highest BCUT2D eigenvalue weighted by Crippen LogP contribution is 2.33. The number of rotatable bonds is 5. The molecule has 0 aromatic carbocycles. The number of anilines is 1. The van der Waals surface area contributed by atoms with Crippen molar-refractivity contribution in [3.8, 4) is 0 Å². The maximum absolute atomic E-state index is 10.1. The Bertz CT molecular complexity index is 848. The van der Waals surface area contributed by atoms with Crippen LogP contribution in [0.2, 0.25) is 0 Å². The average Bonchev–Trinajstić information content (AvgIpc) is 2.80. The standard InChI is InChI=1S/C10H5B10N5O2/c1-2-3(11)4(24-6(21-2)22-5(12)23-24)25(7(13,14)9(17,18)26)8(15,16)10(19,20)27/h26-27H,1H3. The van der Waals surface area contributed by atoms with E-state index in [4.69, 9.17) is 78.5 Å². The van der Waals surface area contributed by atoms with Crippen LogP contribution >= 0.6 is 0 Å². The summed E-state index contributed by atoms with van der Waals surface area (Å²) in [7, 11) is 57.2. The van der Waals surface area contributed by atoms with Gasteiger partial charge in [-0.2, -0.15) is 9.61 Å². The van der Waals surface area contributed by atoms with Crippen molar-refractivity contribution in [1.29, 1.82) is 0 Å². The van der Waals surface area contributed by atoms with Gasteiger partial charge in [-0.1, -0.05) is 0 Å². The molecule has 0 bridgehead atoms. The van der Waals surface area contributed by atoms with Crippen molar-refractivity contribution in [2.24, 2.45) is 0 Å². The van der Waals surface area contributed by atoms with Crippen molar-refractivity contribution in [3.05, 3.63) is 5.69 Å². The number of aliphatic hydroxyl groups is 2. The van der Waals surface area contributed by atoms with Crippen molar-refractivity contribution in [1.82, 2.24) is 19.6 Å². The summed E-state index contributed by atoms with van der Waals surface area (Å²) < 4.78 is 0.929. The maximum atomic E-state index is 10.1. The molecule has 112 valence electrons. The Morgan fingerprint density at radius 1 is 0.852 bits per heavy atom. The molecule has 17 heteroatoms. The number of hydrogen-bond donors (Lipinski definition) is 2. The zero-order valence-electron chi connectivity index (χ0n) is 14.4. The smallest absolute Gasteiger partial charge is 0.253 e. The minimum Gasteiger partial charge on any atom is -0.408 e. The van der Waals surface area contributed by atoms with Crippen LogP contribution in [0.3, 0.4) is 0 Å². The molecule has 0 aliphatic heterocycles. The van der Waals surface area contributed by atoms with E-state index in [1.807, 2.05) is 0 Å². The second-order valence-electron chi connectivity index (χ2n) is 6.25. The van der Waals surface area contributed by atoms with Gasteiger partial charge in [0.1, 0.15) is 13.7 Å². The van der Waals surface area contributed by atoms with Gasteiger partial charge < -0.3 is 15.1 Å². The topological polar surface area (TPSA) is 86.8 Å². The zero-order chi connectivity index (χ0) is 21.2. The number of aryl methyl sites for hydroxylation is 1. The van der Waals surface area contributed by atoms with Crippen LogP contribution in [0.5, 0.6) is 0 Å². The zero-order valence-corrected chi connectivity index (χ0v) is 14.4. The van der Waals surface area contributed by atoms with Gasteiger partial charge in [-0.15, -0.1) is 0 Å². The molecule has 0 spiro atoms. The van der Waals surface area contributed by atoms with Crippen LogP contribution < -0.4 is 16.1 Å². The Hall–Kier alpha value is -1.08. The van der Waals surface area contributed by atoms with E-state index in [-0.39, 0.29) is 28.5 Å². The highest BCUT2D eigenvalue weighted by molar-refractivity contribution is 6.59. The van der Waals surface area contributed by atoms with E-state index in [0.29, 0.717) is 4.90 Å². The highest BCUT2D eigenvalue weighted by atomic mass is 16.3. The fraction of sp³-hybridized carbons (Fsp3) is 0.500. The quantitative estimate of drug-likeness (QED) is 0.528. The fourth-order valence-corrected chi connectivity index (χ4v) is 2.25. The normalized spacial score (nSPS) is 13.7. The summed E-state index contributed by atoms with van der Waals surface area (Å²) in [6, 6.07) is 0. The number of nitrogens with zero attached hydrogens (tertiary/aromatic N) is 5. The SMILES string of the molecule is [B]c1nc2nc(C)c([B])c(N(C([B])([B])C([B])([B])O)C([B])([B])C([B])([B])O)n2n1. The van der Waals surface area contributed by atoms with Crippen LogP contribution in [0.4, 0.5) is 5.82 Å². The van der Waals surface area contributed by atoms with Gasteiger partial charge in [-0.25, -0.2) is 9.97 Å². The van der Waals surface area contributed by atoms with E-state index in [0.717, 1.165) is 4.52 Å². The molecule has 20 radical (unpaired) electrons. The minimum atomic E-state index is -2.87. The van der Waals surface area contributed by atoms with Gasteiger partial charge in [0.25, 0.3) is 5.78 Å². The van der Waals surface area contributed by atoms with Gasteiger partial charge in [-0.3, -0.25) is 0 Å². The van der Waals surface area contributed by atoms with E-state index in [1.165, 1.54) is 6.92 Å². The Morgan fingerprint density at radius 2 is 1.30 bits per heavy atom. The van der Waals surface area contributed by atoms with E-state index in [9.17, 15) is 10.2 Å². The molecule has 27 heavy (non-hydrogen) atoms. The molecule has 2 heterocycles. The van der Waals surface area contributed by atoms with Crippen LogP contribution in [0, 0.1) is 6.92 Å². The molecule has 7 nitrogen and oxygen atoms in total. The highest BCUT2D eigenvalue weighted by Gasteiger charge is 2.49. The van der Waals surface area contributed by atoms with Crippen molar-refractivity contribution in [3.63, 3.8) is 0 Å². The van der Waals surface area contributed by atoms with Crippen molar-refractivity contribution in [2.75, 3.05) is 4.90 Å². The summed E-state index contributed by atoms with van der Waals surface area (Å²) in [5.74, 6) is -0.429. The Balaban J connectivity index is 3.00. The van der Waals surface area contributed by atoms with E-state index in [2.05, 4.69) is 15.1 Å². The first-order chi connectivity index (χ1) is 11.9. The Kier molecular flexibility index (Phi) is 5.33. The summed E-state index contributed by atoms with van der Waals surface area (Å²) in [6.07, 6.45) is 0. The Labute approximate surface area is 170 Å². The number of hydrogen-bond acceptors (Lipinski definition) is 6. The molecule has 0 amide bonds. The van der Waals surface area contributed by atoms with Crippen LogP contribution in [0.15, 0.2) is 0 Å². The maximum Gasteiger partial charge on any atom is 0.253 e. The Morgan fingerprint density at radius 3 is 1.70 bits per heavy atom. The van der Waals surface area contributed by atoms with Crippen LogP contribution in [0.25, 0.3) is 5.78 Å².